The molecule has 2 aromatic heterocycles. The molecule has 3 aromatic rings. The molecule has 0 saturated carbocycles. The summed E-state index contributed by atoms with van der Waals surface area (Å²) in [5, 5.41) is 10.3. The van der Waals surface area contributed by atoms with Gasteiger partial charge in [0.15, 0.2) is 0 Å². The summed E-state index contributed by atoms with van der Waals surface area (Å²) in [5.74, 6) is 0.680. The van der Waals surface area contributed by atoms with Gasteiger partial charge in [0.25, 0.3) is 0 Å². The number of hydrogen-bond donors (Lipinski definition) is 2. The van der Waals surface area contributed by atoms with E-state index in [-0.39, 0.29) is 25.5 Å². The number of nitrogens with one attached hydrogen (secondary N) is 1. The fraction of sp³-hybridized carbons (Fsp3) is 0.263. The number of aliphatic hydroxyl groups is 1. The number of benzene rings is 1. The third kappa shape index (κ3) is 3.80. The maximum absolute atomic E-state index is 12.8. The molecule has 3 rings (SSSR count). The quantitative estimate of drug-likeness (QED) is 0.691. The fourth-order valence-corrected chi connectivity index (χ4v) is 2.89. The second kappa shape index (κ2) is 7.81. The number of rotatable bonds is 7. The highest BCUT2D eigenvalue weighted by atomic mass is 16.5. The number of pyridine rings is 1. The highest BCUT2D eigenvalue weighted by Gasteiger charge is 2.17. The first-order valence-corrected chi connectivity index (χ1v) is 8.14. The molecule has 1 aromatic carbocycles. The minimum atomic E-state index is -0.0870. The van der Waals surface area contributed by atoms with Crippen molar-refractivity contribution in [1.82, 2.24) is 14.9 Å². The fourth-order valence-electron chi connectivity index (χ4n) is 2.89. The van der Waals surface area contributed by atoms with Crippen LogP contribution in [0.15, 0.2) is 48.8 Å². The normalized spacial score (nSPS) is 10.8. The average Bonchev–Trinajstić information content (AvgIpc) is 3.05. The number of aromatic nitrogens is 2. The molecule has 0 unspecified atom stereocenters. The number of amides is 1. The SMILES string of the molecule is COc1ccccc1CN(CCO)C(=O)Cc1c[nH]c2ncccc12. The molecule has 2 heterocycles. The third-order valence-electron chi connectivity index (χ3n) is 4.15. The van der Waals surface area contributed by atoms with Crippen molar-refractivity contribution in [1.29, 1.82) is 0 Å². The standard InChI is InChI=1S/C19H21N3O3/c1-25-17-7-3-2-5-14(17)13-22(9-10-23)18(24)11-15-12-21-19-16(15)6-4-8-20-19/h2-8,12,23H,9-11,13H2,1H3,(H,20,21). The number of para-hydroxylation sites is 1. The molecule has 0 spiro atoms. The van der Waals surface area contributed by atoms with Crippen molar-refractivity contribution >= 4 is 16.9 Å². The molecule has 0 aliphatic carbocycles. The predicted octanol–water partition coefficient (Wildman–Crippen LogP) is 2.14. The molecule has 130 valence electrons. The number of hydrogen-bond acceptors (Lipinski definition) is 4. The second-order valence-corrected chi connectivity index (χ2v) is 5.74. The average molecular weight is 339 g/mol. The Morgan fingerprint density at radius 2 is 2.08 bits per heavy atom. The van der Waals surface area contributed by atoms with Gasteiger partial charge in [-0.3, -0.25) is 4.79 Å². The molecule has 1 amide bonds. The summed E-state index contributed by atoms with van der Waals surface area (Å²) in [4.78, 5) is 21.8. The van der Waals surface area contributed by atoms with Crippen molar-refractivity contribution in [2.45, 2.75) is 13.0 Å². The van der Waals surface area contributed by atoms with Crippen LogP contribution in [-0.2, 0) is 17.8 Å². The number of fused-ring (bicyclic) bond motifs is 1. The van der Waals surface area contributed by atoms with Gasteiger partial charge in [-0.2, -0.15) is 0 Å². The van der Waals surface area contributed by atoms with E-state index in [1.165, 1.54) is 0 Å². The lowest BCUT2D eigenvalue weighted by atomic mass is 10.1. The van der Waals surface area contributed by atoms with Gasteiger partial charge in [0.05, 0.1) is 20.1 Å². The van der Waals surface area contributed by atoms with Crippen LogP contribution in [-0.4, -0.2) is 46.1 Å². The van der Waals surface area contributed by atoms with E-state index in [2.05, 4.69) is 9.97 Å². The van der Waals surface area contributed by atoms with E-state index >= 15 is 0 Å². The Bertz CT molecular complexity index is 860. The third-order valence-corrected chi connectivity index (χ3v) is 4.15. The highest BCUT2D eigenvalue weighted by molar-refractivity contribution is 5.87. The first-order valence-electron chi connectivity index (χ1n) is 8.14. The lowest BCUT2D eigenvalue weighted by molar-refractivity contribution is -0.131. The second-order valence-electron chi connectivity index (χ2n) is 5.74. The van der Waals surface area contributed by atoms with E-state index in [1.54, 1.807) is 18.2 Å². The van der Waals surface area contributed by atoms with Gasteiger partial charge in [0.1, 0.15) is 11.4 Å². The van der Waals surface area contributed by atoms with Gasteiger partial charge < -0.3 is 19.7 Å². The molecule has 0 aliphatic rings. The van der Waals surface area contributed by atoms with Crippen LogP contribution in [0.3, 0.4) is 0 Å². The minimum Gasteiger partial charge on any atom is -0.496 e. The molecule has 0 fully saturated rings. The Morgan fingerprint density at radius 3 is 2.88 bits per heavy atom. The van der Waals surface area contributed by atoms with E-state index in [0.717, 1.165) is 27.9 Å². The largest absolute Gasteiger partial charge is 0.496 e. The number of carbonyl (C=O) groups excluding carboxylic acids is 1. The van der Waals surface area contributed by atoms with Crippen molar-refractivity contribution < 1.29 is 14.6 Å². The van der Waals surface area contributed by atoms with E-state index in [9.17, 15) is 9.90 Å². The lowest BCUT2D eigenvalue weighted by Gasteiger charge is -2.23. The molecule has 6 heteroatoms. The topological polar surface area (TPSA) is 78.5 Å². The van der Waals surface area contributed by atoms with Crippen LogP contribution in [0.4, 0.5) is 0 Å². The first kappa shape index (κ1) is 17.0. The molecule has 0 radical (unpaired) electrons. The molecule has 6 nitrogen and oxygen atoms in total. The monoisotopic (exact) mass is 339 g/mol. The highest BCUT2D eigenvalue weighted by Crippen LogP contribution is 2.21. The number of nitrogens with zero attached hydrogens (tertiary/aromatic N) is 2. The van der Waals surface area contributed by atoms with Crippen LogP contribution in [0, 0.1) is 0 Å². The zero-order chi connectivity index (χ0) is 17.6. The van der Waals surface area contributed by atoms with Gasteiger partial charge in [-0.05, 0) is 23.8 Å². The molecule has 2 N–H and O–H groups in total. The van der Waals surface area contributed by atoms with Crippen LogP contribution < -0.4 is 4.74 Å². The van der Waals surface area contributed by atoms with E-state index < -0.39 is 0 Å². The molecule has 25 heavy (non-hydrogen) atoms. The summed E-state index contributed by atoms with van der Waals surface area (Å²) in [7, 11) is 1.61. The first-order chi connectivity index (χ1) is 12.2. The van der Waals surface area contributed by atoms with Crippen LogP contribution in [0.5, 0.6) is 5.75 Å². The van der Waals surface area contributed by atoms with Crippen LogP contribution >= 0.6 is 0 Å². The smallest absolute Gasteiger partial charge is 0.227 e. The van der Waals surface area contributed by atoms with Crippen molar-refractivity contribution in [3.8, 4) is 5.75 Å². The maximum Gasteiger partial charge on any atom is 0.227 e. The Kier molecular flexibility index (Phi) is 5.30. The van der Waals surface area contributed by atoms with Gasteiger partial charge in [0, 0.05) is 36.4 Å². The number of methoxy groups -OCH3 is 1. The van der Waals surface area contributed by atoms with Gasteiger partial charge in [-0.1, -0.05) is 18.2 Å². The van der Waals surface area contributed by atoms with Crippen molar-refractivity contribution in [3.63, 3.8) is 0 Å². The van der Waals surface area contributed by atoms with Crippen molar-refractivity contribution in [2.24, 2.45) is 0 Å². The summed E-state index contributed by atoms with van der Waals surface area (Å²) in [6.45, 7) is 0.581. The molecule has 0 atom stereocenters. The maximum atomic E-state index is 12.8. The molecule has 0 saturated heterocycles. The van der Waals surface area contributed by atoms with Crippen molar-refractivity contribution in [3.05, 3.63) is 59.9 Å². The van der Waals surface area contributed by atoms with Crippen molar-refractivity contribution in [2.75, 3.05) is 20.3 Å². The minimum absolute atomic E-state index is 0.0512. The lowest BCUT2D eigenvalue weighted by Crippen LogP contribution is -2.34. The molecule has 0 bridgehead atoms. The van der Waals surface area contributed by atoms with Gasteiger partial charge in [-0.25, -0.2) is 4.98 Å². The number of carbonyl (C=O) groups is 1. The van der Waals surface area contributed by atoms with E-state index in [0.29, 0.717) is 6.54 Å². The Balaban J connectivity index is 1.79. The number of ether oxygens (including phenoxy) is 1. The summed E-state index contributed by atoms with van der Waals surface area (Å²) < 4.78 is 5.35. The number of aromatic amines is 1. The number of H-pyrrole nitrogens is 1. The summed E-state index contributed by atoms with van der Waals surface area (Å²) >= 11 is 0. The predicted molar refractivity (Wildman–Crippen MR) is 95.3 cm³/mol. The van der Waals surface area contributed by atoms with Crippen LogP contribution in [0.2, 0.25) is 0 Å². The summed E-state index contributed by atoms with van der Waals surface area (Å²) in [5.41, 5.74) is 2.58. The molecular formula is C19H21N3O3. The van der Waals surface area contributed by atoms with E-state index in [1.807, 2.05) is 42.6 Å². The summed E-state index contributed by atoms with van der Waals surface area (Å²) in [6, 6.07) is 11.4. The summed E-state index contributed by atoms with van der Waals surface area (Å²) in [6.07, 6.45) is 3.78. The van der Waals surface area contributed by atoms with Gasteiger partial charge in [0.2, 0.25) is 5.91 Å². The molecule has 0 aliphatic heterocycles. The zero-order valence-corrected chi connectivity index (χ0v) is 14.1. The zero-order valence-electron chi connectivity index (χ0n) is 14.1. The Hall–Kier alpha value is -2.86. The van der Waals surface area contributed by atoms with E-state index in [4.69, 9.17) is 4.74 Å². The van der Waals surface area contributed by atoms with Gasteiger partial charge in [-0.15, -0.1) is 0 Å². The Labute approximate surface area is 146 Å². The van der Waals surface area contributed by atoms with Crippen LogP contribution in [0.25, 0.3) is 11.0 Å². The van der Waals surface area contributed by atoms with Gasteiger partial charge >= 0.3 is 0 Å². The number of aliphatic hydroxyl groups excluding tert-OH is 1. The Morgan fingerprint density at radius 1 is 1.24 bits per heavy atom. The molecular weight excluding hydrogens is 318 g/mol. The van der Waals surface area contributed by atoms with Crippen LogP contribution in [0.1, 0.15) is 11.1 Å².